The van der Waals surface area contributed by atoms with Gasteiger partial charge in [0.1, 0.15) is 11.0 Å². The van der Waals surface area contributed by atoms with Crippen LogP contribution in [0.4, 0.5) is 23.5 Å². The summed E-state index contributed by atoms with van der Waals surface area (Å²) in [5.74, 6) is 2.14. The Balaban J connectivity index is 0.00000312. The van der Waals surface area contributed by atoms with E-state index in [-0.39, 0.29) is 12.4 Å². The van der Waals surface area contributed by atoms with E-state index in [1.54, 1.807) is 32.0 Å². The van der Waals surface area contributed by atoms with Crippen molar-refractivity contribution in [3.63, 3.8) is 0 Å². The molecule has 0 saturated carbocycles. The Hall–Kier alpha value is -2.39. The summed E-state index contributed by atoms with van der Waals surface area (Å²) >= 11 is 0. The van der Waals surface area contributed by atoms with E-state index in [0.717, 1.165) is 0 Å². The van der Waals surface area contributed by atoms with Crippen molar-refractivity contribution in [2.75, 3.05) is 55.1 Å². The van der Waals surface area contributed by atoms with Crippen molar-refractivity contribution in [2.24, 2.45) is 0 Å². The van der Waals surface area contributed by atoms with Crippen LogP contribution in [0, 0.1) is 0 Å². The maximum Gasteiger partial charge on any atom is 0.227 e. The number of aromatic nitrogens is 4. The van der Waals surface area contributed by atoms with Crippen LogP contribution in [-0.2, 0) is 0 Å². The van der Waals surface area contributed by atoms with E-state index in [4.69, 9.17) is 0 Å². The Kier molecular flexibility index (Phi) is 7.59. The fourth-order valence-corrected chi connectivity index (χ4v) is 2.24. The molecule has 0 amide bonds. The number of aliphatic hydroxyl groups is 1. The third-order valence-electron chi connectivity index (χ3n) is 3.29. The first-order valence-corrected chi connectivity index (χ1v) is 7.69. The summed E-state index contributed by atoms with van der Waals surface area (Å²) in [5, 5.41) is 18.7. The average molecular weight is 369 g/mol. The Morgan fingerprint density at radius 1 is 1.12 bits per heavy atom. The van der Waals surface area contributed by atoms with Gasteiger partial charge < -0.3 is 26.0 Å². The molecule has 2 aromatic heterocycles. The summed E-state index contributed by atoms with van der Waals surface area (Å²) in [6.45, 7) is 6.37. The normalized spacial score (nSPS) is 11.4. The number of hydrogen-bond acceptors (Lipinski definition) is 9. The number of hydrogen-bond donors (Lipinski definition) is 4. The molecular formula is C15H25ClN8O. The Morgan fingerprint density at radius 2 is 1.72 bits per heavy atom. The number of likely N-dealkylation sites (N-methyl/N-ethyl adjacent to an activating group) is 1. The largest absolute Gasteiger partial charge is 0.392 e. The Labute approximate surface area is 153 Å². The predicted octanol–water partition coefficient (Wildman–Crippen LogP) is 1.34. The van der Waals surface area contributed by atoms with Gasteiger partial charge in [0.25, 0.3) is 0 Å². The van der Waals surface area contributed by atoms with E-state index in [1.807, 2.05) is 7.05 Å². The standard InChI is InChI=1S/C15H24N8O.ClH/c1-6-7-18-14-19-10-11(12(16-3)21-14)20-15(22-13(10)17-4)23(5)8-9(2)24;/h6,9,24H,1,7-8H2,2-5H3,(H,17,20,22)(H2,16,18,19,21);1H/t9-;/m0./s1. The van der Waals surface area contributed by atoms with Gasteiger partial charge in [0.05, 0.1) is 6.10 Å². The molecule has 138 valence electrons. The first kappa shape index (κ1) is 20.7. The van der Waals surface area contributed by atoms with Crippen molar-refractivity contribution in [2.45, 2.75) is 13.0 Å². The highest BCUT2D eigenvalue weighted by molar-refractivity contribution is 5.94. The molecule has 9 nitrogen and oxygen atoms in total. The lowest BCUT2D eigenvalue weighted by Crippen LogP contribution is -2.28. The monoisotopic (exact) mass is 368 g/mol. The number of nitrogens with zero attached hydrogens (tertiary/aromatic N) is 5. The minimum absolute atomic E-state index is 0. The molecule has 0 aliphatic rings. The van der Waals surface area contributed by atoms with Gasteiger partial charge in [0.2, 0.25) is 11.9 Å². The van der Waals surface area contributed by atoms with Crippen molar-refractivity contribution in [1.29, 1.82) is 0 Å². The molecule has 0 radical (unpaired) electrons. The SMILES string of the molecule is C=CCNc1nc(NC)c2nc(N(C)C[C@H](C)O)nc(NC)c2n1.Cl. The quantitative estimate of drug-likeness (QED) is 0.513. The van der Waals surface area contributed by atoms with E-state index >= 15 is 0 Å². The van der Waals surface area contributed by atoms with Crippen LogP contribution >= 0.6 is 12.4 Å². The molecule has 0 saturated heterocycles. The van der Waals surface area contributed by atoms with Crippen LogP contribution in [0.3, 0.4) is 0 Å². The predicted molar refractivity (Wildman–Crippen MR) is 105 cm³/mol. The number of aliphatic hydroxyl groups excluding tert-OH is 1. The number of halogens is 1. The highest BCUT2D eigenvalue weighted by Crippen LogP contribution is 2.27. The molecule has 0 aliphatic carbocycles. The number of fused-ring (bicyclic) bond motifs is 1. The van der Waals surface area contributed by atoms with E-state index in [2.05, 4.69) is 42.5 Å². The zero-order valence-corrected chi connectivity index (χ0v) is 15.7. The summed E-state index contributed by atoms with van der Waals surface area (Å²) < 4.78 is 0. The van der Waals surface area contributed by atoms with Crippen LogP contribution in [0.15, 0.2) is 12.7 Å². The minimum Gasteiger partial charge on any atom is -0.392 e. The van der Waals surface area contributed by atoms with Crippen molar-refractivity contribution >= 4 is 47.0 Å². The highest BCUT2D eigenvalue weighted by Gasteiger charge is 2.17. The van der Waals surface area contributed by atoms with E-state index in [0.29, 0.717) is 47.7 Å². The smallest absolute Gasteiger partial charge is 0.227 e. The third-order valence-corrected chi connectivity index (χ3v) is 3.29. The minimum atomic E-state index is -0.488. The average Bonchev–Trinajstić information content (AvgIpc) is 2.57. The lowest BCUT2D eigenvalue weighted by molar-refractivity contribution is 0.201. The second-order valence-electron chi connectivity index (χ2n) is 5.36. The molecule has 10 heteroatoms. The molecular weight excluding hydrogens is 344 g/mol. The summed E-state index contributed by atoms with van der Waals surface area (Å²) in [6.07, 6.45) is 1.24. The van der Waals surface area contributed by atoms with Gasteiger partial charge in [0, 0.05) is 34.2 Å². The van der Waals surface area contributed by atoms with Gasteiger partial charge in [-0.1, -0.05) is 6.08 Å². The zero-order valence-electron chi connectivity index (χ0n) is 14.9. The van der Waals surface area contributed by atoms with Gasteiger partial charge in [-0.15, -0.1) is 19.0 Å². The van der Waals surface area contributed by atoms with Gasteiger partial charge >= 0.3 is 0 Å². The first-order valence-electron chi connectivity index (χ1n) is 7.69. The number of nitrogens with one attached hydrogen (secondary N) is 3. The van der Waals surface area contributed by atoms with Crippen LogP contribution in [0.1, 0.15) is 6.92 Å². The molecule has 2 rings (SSSR count). The third kappa shape index (κ3) is 4.80. The molecule has 0 aliphatic heterocycles. The topological polar surface area (TPSA) is 111 Å². The van der Waals surface area contributed by atoms with Crippen LogP contribution in [0.2, 0.25) is 0 Å². The van der Waals surface area contributed by atoms with Crippen LogP contribution in [-0.4, -0.2) is 65.4 Å². The molecule has 0 bridgehead atoms. The van der Waals surface area contributed by atoms with Crippen LogP contribution in [0.5, 0.6) is 0 Å². The van der Waals surface area contributed by atoms with E-state index in [1.165, 1.54) is 0 Å². The zero-order chi connectivity index (χ0) is 17.7. The van der Waals surface area contributed by atoms with E-state index < -0.39 is 6.10 Å². The van der Waals surface area contributed by atoms with Gasteiger partial charge in [-0.2, -0.15) is 9.97 Å². The van der Waals surface area contributed by atoms with Crippen molar-refractivity contribution < 1.29 is 5.11 Å². The molecule has 0 fully saturated rings. The fourth-order valence-electron chi connectivity index (χ4n) is 2.24. The molecule has 0 unspecified atom stereocenters. The lowest BCUT2D eigenvalue weighted by Gasteiger charge is -2.20. The fraction of sp³-hybridized carbons (Fsp3) is 0.467. The van der Waals surface area contributed by atoms with Gasteiger partial charge in [-0.25, -0.2) is 9.97 Å². The van der Waals surface area contributed by atoms with Crippen LogP contribution in [0.25, 0.3) is 11.0 Å². The van der Waals surface area contributed by atoms with Gasteiger partial charge in [-0.3, -0.25) is 0 Å². The maximum atomic E-state index is 9.58. The van der Waals surface area contributed by atoms with Crippen molar-refractivity contribution in [1.82, 2.24) is 19.9 Å². The molecule has 0 spiro atoms. The lowest BCUT2D eigenvalue weighted by atomic mass is 10.3. The maximum absolute atomic E-state index is 9.58. The summed E-state index contributed by atoms with van der Waals surface area (Å²) in [6, 6.07) is 0. The Morgan fingerprint density at radius 3 is 2.28 bits per heavy atom. The summed E-state index contributed by atoms with van der Waals surface area (Å²) in [4.78, 5) is 19.8. The Bertz CT molecular complexity index is 724. The second kappa shape index (κ2) is 9.19. The molecule has 1 atom stereocenters. The van der Waals surface area contributed by atoms with Gasteiger partial charge in [0.15, 0.2) is 11.6 Å². The summed E-state index contributed by atoms with van der Waals surface area (Å²) in [7, 11) is 5.38. The molecule has 25 heavy (non-hydrogen) atoms. The molecule has 4 N–H and O–H groups in total. The van der Waals surface area contributed by atoms with Crippen molar-refractivity contribution in [3.05, 3.63) is 12.7 Å². The molecule has 2 aromatic rings. The molecule has 2 heterocycles. The highest BCUT2D eigenvalue weighted by atomic mass is 35.5. The molecule has 0 aromatic carbocycles. The summed E-state index contributed by atoms with van der Waals surface area (Å²) in [5.41, 5.74) is 1.21. The van der Waals surface area contributed by atoms with Gasteiger partial charge in [-0.05, 0) is 6.92 Å². The number of rotatable bonds is 8. The van der Waals surface area contributed by atoms with Crippen molar-refractivity contribution in [3.8, 4) is 0 Å². The van der Waals surface area contributed by atoms with Crippen LogP contribution < -0.4 is 20.9 Å². The van der Waals surface area contributed by atoms with E-state index in [9.17, 15) is 5.11 Å². The number of anilines is 4. The second-order valence-corrected chi connectivity index (χ2v) is 5.36. The first-order chi connectivity index (χ1) is 11.5.